The number of carboxylic acid groups (broad SMARTS) is 1. The van der Waals surface area contributed by atoms with Gasteiger partial charge < -0.3 is 10.4 Å². The molecule has 0 spiro atoms. The number of hydrogen-bond donors (Lipinski definition) is 2. The number of carbonyl (C=O) groups is 2. The molecule has 1 aromatic rings. The van der Waals surface area contributed by atoms with Crippen molar-refractivity contribution in [2.24, 2.45) is 0 Å². The standard InChI is InChI=1S/C8H9F3N4O3/c9-8(10,11)7(18)12-2-1-5-3-15(14-13-5)4-6(16)17/h3H,1-2,4H2,(H,12,18)(H,16,17). The number of aliphatic carboxylic acids is 1. The van der Waals surface area contributed by atoms with Crippen LogP contribution in [0.15, 0.2) is 6.20 Å². The molecule has 0 aromatic carbocycles. The molecule has 0 bridgehead atoms. The molecule has 0 aliphatic carbocycles. The Morgan fingerprint density at radius 3 is 2.67 bits per heavy atom. The molecule has 10 heteroatoms. The third-order valence-electron chi connectivity index (χ3n) is 1.81. The second kappa shape index (κ2) is 5.47. The first-order chi connectivity index (χ1) is 8.29. The van der Waals surface area contributed by atoms with Gasteiger partial charge in [-0.05, 0) is 0 Å². The molecule has 0 saturated heterocycles. The van der Waals surface area contributed by atoms with E-state index in [1.54, 1.807) is 5.32 Å². The molecule has 1 amide bonds. The Morgan fingerprint density at radius 1 is 1.44 bits per heavy atom. The van der Waals surface area contributed by atoms with E-state index in [0.717, 1.165) is 4.68 Å². The number of rotatable bonds is 5. The zero-order valence-electron chi connectivity index (χ0n) is 8.94. The van der Waals surface area contributed by atoms with Crippen LogP contribution in [0.4, 0.5) is 13.2 Å². The van der Waals surface area contributed by atoms with Gasteiger partial charge in [0.15, 0.2) is 0 Å². The summed E-state index contributed by atoms with van der Waals surface area (Å²) in [6.45, 7) is -0.647. The van der Waals surface area contributed by atoms with Gasteiger partial charge in [0.25, 0.3) is 0 Å². The van der Waals surface area contributed by atoms with Crippen LogP contribution in [0.5, 0.6) is 0 Å². The molecule has 0 atom stereocenters. The van der Waals surface area contributed by atoms with Crippen LogP contribution >= 0.6 is 0 Å². The molecule has 1 aromatic heterocycles. The van der Waals surface area contributed by atoms with Crippen LogP contribution in [0.3, 0.4) is 0 Å². The van der Waals surface area contributed by atoms with Crippen molar-refractivity contribution in [3.8, 4) is 0 Å². The van der Waals surface area contributed by atoms with Gasteiger partial charge in [0.2, 0.25) is 0 Å². The molecule has 0 saturated carbocycles. The Balaban J connectivity index is 2.38. The minimum absolute atomic E-state index is 0.0292. The van der Waals surface area contributed by atoms with Gasteiger partial charge in [-0.2, -0.15) is 13.2 Å². The van der Waals surface area contributed by atoms with Gasteiger partial charge in [-0.3, -0.25) is 9.59 Å². The number of amides is 1. The maximum absolute atomic E-state index is 11.8. The summed E-state index contributed by atoms with van der Waals surface area (Å²) in [6, 6.07) is 0. The Hall–Kier alpha value is -2.13. The first-order valence-electron chi connectivity index (χ1n) is 4.75. The number of carbonyl (C=O) groups excluding carboxylic acids is 1. The average Bonchev–Trinajstić information content (AvgIpc) is 2.63. The Kier molecular flexibility index (Phi) is 4.23. The van der Waals surface area contributed by atoms with Crippen molar-refractivity contribution in [1.82, 2.24) is 20.3 Å². The number of hydrogen-bond acceptors (Lipinski definition) is 4. The monoisotopic (exact) mass is 266 g/mol. The highest BCUT2D eigenvalue weighted by Crippen LogP contribution is 2.13. The zero-order chi connectivity index (χ0) is 13.8. The lowest BCUT2D eigenvalue weighted by Gasteiger charge is -2.06. The van der Waals surface area contributed by atoms with Crippen LogP contribution in [-0.4, -0.2) is 44.7 Å². The summed E-state index contributed by atoms with van der Waals surface area (Å²) in [6.07, 6.45) is -3.60. The second-order valence-electron chi connectivity index (χ2n) is 3.30. The van der Waals surface area contributed by atoms with Gasteiger partial charge in [-0.1, -0.05) is 5.21 Å². The highest BCUT2D eigenvalue weighted by molar-refractivity contribution is 5.81. The molecular formula is C8H9F3N4O3. The first-order valence-corrected chi connectivity index (χ1v) is 4.75. The van der Waals surface area contributed by atoms with E-state index in [4.69, 9.17) is 5.11 Å². The minimum Gasteiger partial charge on any atom is -0.480 e. The van der Waals surface area contributed by atoms with Crippen LogP contribution in [0.2, 0.25) is 0 Å². The summed E-state index contributed by atoms with van der Waals surface area (Å²) in [5.74, 6) is -3.14. The normalized spacial score (nSPS) is 11.3. The molecule has 0 fully saturated rings. The van der Waals surface area contributed by atoms with E-state index < -0.39 is 18.1 Å². The number of nitrogens with one attached hydrogen (secondary N) is 1. The summed E-state index contributed by atoms with van der Waals surface area (Å²) in [5, 5.41) is 17.1. The van der Waals surface area contributed by atoms with Crippen LogP contribution in [0.1, 0.15) is 5.69 Å². The minimum atomic E-state index is -4.92. The van der Waals surface area contributed by atoms with Crippen molar-refractivity contribution in [3.63, 3.8) is 0 Å². The van der Waals surface area contributed by atoms with Crippen molar-refractivity contribution in [2.45, 2.75) is 19.1 Å². The molecule has 2 N–H and O–H groups in total. The predicted molar refractivity (Wildman–Crippen MR) is 50.4 cm³/mol. The molecule has 7 nitrogen and oxygen atoms in total. The van der Waals surface area contributed by atoms with E-state index >= 15 is 0 Å². The fraction of sp³-hybridized carbons (Fsp3) is 0.500. The van der Waals surface area contributed by atoms with E-state index in [0.29, 0.717) is 5.69 Å². The Morgan fingerprint density at radius 2 is 2.11 bits per heavy atom. The van der Waals surface area contributed by atoms with Gasteiger partial charge in [0.05, 0.1) is 5.69 Å². The van der Waals surface area contributed by atoms with Crippen LogP contribution in [-0.2, 0) is 22.6 Å². The Labute approximate surface area is 98.6 Å². The van der Waals surface area contributed by atoms with Crippen LogP contribution in [0, 0.1) is 0 Å². The van der Waals surface area contributed by atoms with Crippen molar-refractivity contribution in [1.29, 1.82) is 0 Å². The average molecular weight is 266 g/mol. The molecule has 0 unspecified atom stereocenters. The van der Waals surface area contributed by atoms with E-state index in [-0.39, 0.29) is 19.5 Å². The highest BCUT2D eigenvalue weighted by Gasteiger charge is 2.38. The molecule has 18 heavy (non-hydrogen) atoms. The molecular weight excluding hydrogens is 257 g/mol. The summed E-state index contributed by atoms with van der Waals surface area (Å²) >= 11 is 0. The number of alkyl halides is 3. The van der Waals surface area contributed by atoms with E-state index in [1.165, 1.54) is 6.20 Å². The van der Waals surface area contributed by atoms with E-state index in [1.807, 2.05) is 0 Å². The number of aromatic nitrogens is 3. The smallest absolute Gasteiger partial charge is 0.471 e. The molecule has 0 aliphatic heterocycles. The predicted octanol–water partition coefficient (Wildman–Crippen LogP) is -0.416. The van der Waals surface area contributed by atoms with Gasteiger partial charge in [-0.15, -0.1) is 5.10 Å². The molecule has 100 valence electrons. The zero-order valence-corrected chi connectivity index (χ0v) is 8.94. The molecule has 1 heterocycles. The number of halogens is 3. The topological polar surface area (TPSA) is 97.1 Å². The van der Waals surface area contributed by atoms with Gasteiger partial charge in [-0.25, -0.2) is 4.68 Å². The number of nitrogens with zero attached hydrogens (tertiary/aromatic N) is 3. The fourth-order valence-corrected chi connectivity index (χ4v) is 1.07. The van der Waals surface area contributed by atoms with Crippen molar-refractivity contribution in [2.75, 3.05) is 6.54 Å². The van der Waals surface area contributed by atoms with Crippen LogP contribution in [0.25, 0.3) is 0 Å². The summed E-state index contributed by atoms with van der Waals surface area (Å²) < 4.78 is 36.5. The lowest BCUT2D eigenvalue weighted by atomic mass is 10.3. The molecule has 0 radical (unpaired) electrons. The SMILES string of the molecule is O=C(O)Cn1cc(CCNC(=O)C(F)(F)F)nn1. The molecule has 1 rings (SSSR count). The number of carboxylic acids is 1. The van der Waals surface area contributed by atoms with E-state index in [9.17, 15) is 22.8 Å². The molecule has 0 aliphatic rings. The van der Waals surface area contributed by atoms with Crippen molar-refractivity contribution >= 4 is 11.9 Å². The summed E-state index contributed by atoms with van der Waals surface area (Å²) in [5.41, 5.74) is 0.290. The van der Waals surface area contributed by atoms with Gasteiger partial charge in [0.1, 0.15) is 6.54 Å². The van der Waals surface area contributed by atoms with Crippen LogP contribution < -0.4 is 5.32 Å². The highest BCUT2D eigenvalue weighted by atomic mass is 19.4. The van der Waals surface area contributed by atoms with Gasteiger partial charge >= 0.3 is 18.1 Å². The summed E-state index contributed by atoms with van der Waals surface area (Å²) in [7, 11) is 0. The lowest BCUT2D eigenvalue weighted by molar-refractivity contribution is -0.173. The second-order valence-corrected chi connectivity index (χ2v) is 3.30. The lowest BCUT2D eigenvalue weighted by Crippen LogP contribution is -2.37. The van der Waals surface area contributed by atoms with Crippen molar-refractivity contribution in [3.05, 3.63) is 11.9 Å². The largest absolute Gasteiger partial charge is 0.480 e. The Bertz CT molecular complexity index is 443. The maximum atomic E-state index is 11.8. The summed E-state index contributed by atoms with van der Waals surface area (Å²) in [4.78, 5) is 20.8. The third-order valence-corrected chi connectivity index (χ3v) is 1.81. The van der Waals surface area contributed by atoms with Gasteiger partial charge in [0, 0.05) is 19.2 Å². The maximum Gasteiger partial charge on any atom is 0.471 e. The third kappa shape index (κ3) is 4.39. The quantitative estimate of drug-likeness (QED) is 0.754. The van der Waals surface area contributed by atoms with Crippen molar-refractivity contribution < 1.29 is 27.9 Å². The first kappa shape index (κ1) is 13.9. The van der Waals surface area contributed by atoms with E-state index in [2.05, 4.69) is 10.3 Å². The fourth-order valence-electron chi connectivity index (χ4n) is 1.07.